The third kappa shape index (κ3) is 3.45. The lowest BCUT2D eigenvalue weighted by molar-refractivity contribution is 0.242. The maximum atomic E-state index is 11.2. The minimum atomic E-state index is -3.74. The van der Waals surface area contributed by atoms with Crippen LogP contribution in [0.15, 0.2) is 27.6 Å². The van der Waals surface area contributed by atoms with Gasteiger partial charge < -0.3 is 9.26 Å². The summed E-state index contributed by atoms with van der Waals surface area (Å²) in [7, 11) is 1.55. The van der Waals surface area contributed by atoms with Crippen molar-refractivity contribution in [3.8, 4) is 5.75 Å². The summed E-state index contributed by atoms with van der Waals surface area (Å²) < 4.78 is 32.8. The summed E-state index contributed by atoms with van der Waals surface area (Å²) in [6.45, 7) is 3.46. The summed E-state index contributed by atoms with van der Waals surface area (Å²) in [5, 5.41) is 3.63. The van der Waals surface area contributed by atoms with Crippen LogP contribution in [-0.2, 0) is 15.7 Å². The predicted octanol–water partition coefficient (Wildman–Crippen LogP) is 2.19. The van der Waals surface area contributed by atoms with Crippen LogP contribution in [-0.4, -0.2) is 18.6 Å². The summed E-state index contributed by atoms with van der Waals surface area (Å²) in [6.07, 6.45) is 0. The van der Waals surface area contributed by atoms with Crippen molar-refractivity contribution >= 4 is 19.7 Å². The molecule has 102 valence electrons. The van der Waals surface area contributed by atoms with Gasteiger partial charge in [0, 0.05) is 10.7 Å². The standard InChI is InChI=1S/C11H11ClN2O4S/c1-7-5-9(3-4-10(7)19(12,15)16)17-6-11-13-8(2)14-18-11/h3-5H,6H2,1-2H3. The van der Waals surface area contributed by atoms with Gasteiger partial charge >= 0.3 is 0 Å². The molecule has 2 aromatic rings. The minimum absolute atomic E-state index is 0.0650. The van der Waals surface area contributed by atoms with Crippen LogP contribution in [0, 0.1) is 13.8 Å². The Morgan fingerprint density at radius 3 is 2.63 bits per heavy atom. The Bertz CT molecular complexity index is 696. The van der Waals surface area contributed by atoms with Gasteiger partial charge in [-0.05, 0) is 37.6 Å². The fourth-order valence-electron chi connectivity index (χ4n) is 1.53. The minimum Gasteiger partial charge on any atom is -0.484 e. The lowest BCUT2D eigenvalue weighted by Gasteiger charge is -2.06. The van der Waals surface area contributed by atoms with Gasteiger partial charge in [-0.2, -0.15) is 4.98 Å². The molecule has 0 amide bonds. The predicted molar refractivity (Wildman–Crippen MR) is 67.6 cm³/mol. The maximum absolute atomic E-state index is 11.2. The van der Waals surface area contributed by atoms with Gasteiger partial charge in [0.15, 0.2) is 12.4 Å². The Hall–Kier alpha value is -1.60. The fraction of sp³-hybridized carbons (Fsp3) is 0.273. The van der Waals surface area contributed by atoms with Crippen molar-refractivity contribution in [2.45, 2.75) is 25.3 Å². The van der Waals surface area contributed by atoms with E-state index >= 15 is 0 Å². The van der Waals surface area contributed by atoms with Crippen LogP contribution in [0.1, 0.15) is 17.3 Å². The number of ether oxygens (including phenoxy) is 1. The lowest BCUT2D eigenvalue weighted by Crippen LogP contribution is -1.98. The number of hydrogen-bond donors (Lipinski definition) is 0. The van der Waals surface area contributed by atoms with E-state index in [1.165, 1.54) is 12.1 Å². The lowest BCUT2D eigenvalue weighted by atomic mass is 10.2. The van der Waals surface area contributed by atoms with Crippen LogP contribution < -0.4 is 4.74 Å². The Morgan fingerprint density at radius 2 is 2.11 bits per heavy atom. The summed E-state index contributed by atoms with van der Waals surface area (Å²) in [5.74, 6) is 1.37. The molecule has 0 aliphatic rings. The highest BCUT2D eigenvalue weighted by molar-refractivity contribution is 8.13. The Kier molecular flexibility index (Phi) is 3.77. The molecule has 6 nitrogen and oxygen atoms in total. The Morgan fingerprint density at radius 1 is 1.37 bits per heavy atom. The van der Waals surface area contributed by atoms with Crippen molar-refractivity contribution in [3.63, 3.8) is 0 Å². The number of aromatic nitrogens is 2. The first kappa shape index (κ1) is 13.8. The molecule has 19 heavy (non-hydrogen) atoms. The first-order valence-corrected chi connectivity index (χ1v) is 7.64. The van der Waals surface area contributed by atoms with Crippen molar-refractivity contribution in [3.05, 3.63) is 35.5 Å². The van der Waals surface area contributed by atoms with Crippen molar-refractivity contribution < 1.29 is 17.7 Å². The average molecular weight is 303 g/mol. The molecule has 1 aromatic heterocycles. The molecule has 0 unspecified atom stereocenters. The second kappa shape index (κ2) is 5.18. The van der Waals surface area contributed by atoms with Crippen molar-refractivity contribution in [1.29, 1.82) is 0 Å². The topological polar surface area (TPSA) is 82.3 Å². The van der Waals surface area contributed by atoms with Crippen LogP contribution >= 0.6 is 10.7 Å². The molecule has 2 rings (SSSR count). The average Bonchev–Trinajstić information content (AvgIpc) is 2.71. The first-order valence-electron chi connectivity index (χ1n) is 5.33. The Balaban J connectivity index is 2.12. The highest BCUT2D eigenvalue weighted by Gasteiger charge is 2.14. The molecule has 0 bridgehead atoms. The molecule has 0 saturated heterocycles. The van der Waals surface area contributed by atoms with E-state index in [9.17, 15) is 8.42 Å². The molecule has 0 N–H and O–H groups in total. The molecule has 0 spiro atoms. The van der Waals surface area contributed by atoms with Gasteiger partial charge in [-0.15, -0.1) is 0 Å². The van der Waals surface area contributed by atoms with E-state index in [0.717, 1.165) is 0 Å². The molecule has 0 aliphatic carbocycles. The van der Waals surface area contributed by atoms with Crippen molar-refractivity contribution in [2.75, 3.05) is 0 Å². The van der Waals surface area contributed by atoms with Crippen LogP contribution in [0.3, 0.4) is 0 Å². The quantitative estimate of drug-likeness (QED) is 0.805. The number of aryl methyl sites for hydroxylation is 2. The van der Waals surface area contributed by atoms with Crippen molar-refractivity contribution in [1.82, 2.24) is 10.1 Å². The number of halogens is 1. The highest BCUT2D eigenvalue weighted by Crippen LogP contribution is 2.24. The summed E-state index contributed by atoms with van der Waals surface area (Å²) >= 11 is 0. The maximum Gasteiger partial charge on any atom is 0.264 e. The molecule has 0 fully saturated rings. The van der Waals surface area contributed by atoms with Gasteiger partial charge in [-0.25, -0.2) is 8.42 Å². The van der Waals surface area contributed by atoms with Gasteiger partial charge in [0.1, 0.15) is 5.75 Å². The molecular formula is C11H11ClN2O4S. The largest absolute Gasteiger partial charge is 0.484 e. The monoisotopic (exact) mass is 302 g/mol. The Labute approximate surface area is 114 Å². The van der Waals surface area contributed by atoms with E-state index in [-0.39, 0.29) is 11.5 Å². The van der Waals surface area contributed by atoms with E-state index in [4.69, 9.17) is 19.9 Å². The van der Waals surface area contributed by atoms with Crippen LogP contribution in [0.4, 0.5) is 0 Å². The summed E-state index contributed by atoms with van der Waals surface area (Å²) in [5.41, 5.74) is 0.509. The zero-order valence-corrected chi connectivity index (χ0v) is 11.8. The smallest absolute Gasteiger partial charge is 0.264 e. The second-order valence-electron chi connectivity index (χ2n) is 3.89. The van der Waals surface area contributed by atoms with E-state index in [1.807, 2.05) is 0 Å². The third-order valence-corrected chi connectivity index (χ3v) is 3.82. The number of hydrogen-bond acceptors (Lipinski definition) is 6. The van der Waals surface area contributed by atoms with Crippen LogP contribution in [0.2, 0.25) is 0 Å². The zero-order chi connectivity index (χ0) is 14.0. The molecule has 1 aromatic carbocycles. The van der Waals surface area contributed by atoms with Crippen LogP contribution in [0.25, 0.3) is 0 Å². The number of nitrogens with zero attached hydrogens (tertiary/aromatic N) is 2. The van der Waals surface area contributed by atoms with Crippen molar-refractivity contribution in [2.24, 2.45) is 0 Å². The number of benzene rings is 1. The molecule has 8 heteroatoms. The third-order valence-electron chi connectivity index (χ3n) is 2.34. The van der Waals surface area contributed by atoms with Gasteiger partial charge in [0.2, 0.25) is 0 Å². The molecular weight excluding hydrogens is 292 g/mol. The second-order valence-corrected chi connectivity index (χ2v) is 6.42. The fourth-order valence-corrected chi connectivity index (χ4v) is 2.72. The SMILES string of the molecule is Cc1noc(COc2ccc(S(=O)(=O)Cl)c(C)c2)n1. The van der Waals surface area contributed by atoms with E-state index in [1.54, 1.807) is 19.9 Å². The van der Waals surface area contributed by atoms with Gasteiger partial charge in [0.05, 0.1) is 4.90 Å². The zero-order valence-electron chi connectivity index (χ0n) is 10.3. The highest BCUT2D eigenvalue weighted by atomic mass is 35.7. The molecule has 1 heterocycles. The summed E-state index contributed by atoms with van der Waals surface area (Å²) in [4.78, 5) is 4.05. The first-order chi connectivity index (χ1) is 8.86. The molecule has 0 saturated carbocycles. The van der Waals surface area contributed by atoms with Crippen LogP contribution in [0.5, 0.6) is 5.75 Å². The van der Waals surface area contributed by atoms with Gasteiger partial charge in [-0.3, -0.25) is 0 Å². The van der Waals surface area contributed by atoms with Gasteiger partial charge in [0.25, 0.3) is 14.9 Å². The molecule has 0 atom stereocenters. The molecule has 0 aliphatic heterocycles. The number of rotatable bonds is 4. The van der Waals surface area contributed by atoms with Gasteiger partial charge in [-0.1, -0.05) is 5.16 Å². The normalized spacial score (nSPS) is 11.5. The summed E-state index contributed by atoms with van der Waals surface area (Å²) in [6, 6.07) is 4.50. The van der Waals surface area contributed by atoms with E-state index < -0.39 is 9.05 Å². The van der Waals surface area contributed by atoms with E-state index in [0.29, 0.717) is 23.0 Å². The molecule has 0 radical (unpaired) electrons. The van der Waals surface area contributed by atoms with E-state index in [2.05, 4.69) is 10.1 Å².